The van der Waals surface area contributed by atoms with Crippen LogP contribution in [0.25, 0.3) is 0 Å². The Hall–Kier alpha value is -1.65. The molecular formula is C26H37IN2O5. The number of aliphatic hydroxyl groups is 2. The number of aliphatic hydroxyl groups excluding tert-OH is 2. The molecule has 8 heteroatoms. The number of hydrogen-bond acceptors (Lipinski definition) is 5. The van der Waals surface area contributed by atoms with E-state index in [4.69, 9.17) is 9.84 Å². The Balaban J connectivity index is 1.87. The summed E-state index contributed by atoms with van der Waals surface area (Å²) < 4.78 is 7.09. The number of nitrogens with zero attached hydrogens (tertiary/aromatic N) is 1. The van der Waals surface area contributed by atoms with Crippen LogP contribution in [0.3, 0.4) is 0 Å². The number of hydrogen-bond donors (Lipinski definition) is 3. The van der Waals surface area contributed by atoms with Gasteiger partial charge in [0.25, 0.3) is 0 Å². The first-order chi connectivity index (χ1) is 16.5. The van der Waals surface area contributed by atoms with E-state index in [-0.39, 0.29) is 37.3 Å². The first-order valence-electron chi connectivity index (χ1n) is 12.5. The molecule has 0 heterocycles. The van der Waals surface area contributed by atoms with E-state index >= 15 is 0 Å². The van der Waals surface area contributed by atoms with Crippen LogP contribution in [0.1, 0.15) is 58.3 Å². The highest BCUT2D eigenvalue weighted by Gasteiger charge is 2.42. The zero-order chi connectivity index (χ0) is 24.5. The van der Waals surface area contributed by atoms with Crippen LogP contribution in [0, 0.1) is 9.49 Å². The van der Waals surface area contributed by atoms with E-state index in [1.54, 1.807) is 6.08 Å². The Morgan fingerprint density at radius 3 is 2.62 bits per heavy atom. The highest BCUT2D eigenvalue weighted by Crippen LogP contribution is 2.34. The third-order valence-electron chi connectivity index (χ3n) is 6.70. The van der Waals surface area contributed by atoms with Crippen LogP contribution in [0.15, 0.2) is 35.9 Å². The average molecular weight is 584 g/mol. The van der Waals surface area contributed by atoms with Gasteiger partial charge in [-0.2, -0.15) is 0 Å². The lowest BCUT2D eigenvalue weighted by Gasteiger charge is -2.43. The second kappa shape index (κ2) is 13.4. The largest absolute Gasteiger partial charge is 0.482 e. The molecule has 0 radical (unpaired) electrons. The van der Waals surface area contributed by atoms with E-state index in [1.165, 1.54) is 0 Å². The molecule has 7 nitrogen and oxygen atoms in total. The number of ether oxygens (including phenoxy) is 1. The van der Waals surface area contributed by atoms with E-state index in [9.17, 15) is 14.7 Å². The van der Waals surface area contributed by atoms with Gasteiger partial charge in [0.2, 0.25) is 11.8 Å². The van der Waals surface area contributed by atoms with Crippen LogP contribution >= 0.6 is 22.6 Å². The summed E-state index contributed by atoms with van der Waals surface area (Å²) >= 11 is 2.18. The van der Waals surface area contributed by atoms with Crippen LogP contribution in [-0.4, -0.2) is 64.9 Å². The van der Waals surface area contributed by atoms with E-state index in [0.717, 1.165) is 48.5 Å². The minimum absolute atomic E-state index is 0.00499. The minimum atomic E-state index is -0.958. The number of carbonyl (C=O) groups is 2. The summed E-state index contributed by atoms with van der Waals surface area (Å²) in [6.45, 7) is 2.71. The summed E-state index contributed by atoms with van der Waals surface area (Å²) in [6.07, 6.45) is 7.12. The van der Waals surface area contributed by atoms with Gasteiger partial charge in [0.1, 0.15) is 18.0 Å². The Morgan fingerprint density at radius 1 is 1.21 bits per heavy atom. The second-order valence-electron chi connectivity index (χ2n) is 9.17. The maximum Gasteiger partial charge on any atom is 0.247 e. The Labute approximate surface area is 216 Å². The lowest BCUT2D eigenvalue weighted by molar-refractivity contribution is -0.145. The molecule has 0 aliphatic heterocycles. The molecule has 1 aromatic carbocycles. The standard InChI is InChI=1S/C26H37IN2O5/c1-2-3-4-7-14-29(26(33)18-9-8-10-18)21-16-19(25(32)28-13-15-30)17-23(24(21)31)34-22-12-6-5-11-20(22)27/h5-6,11-12,17-18,21,23-24,30-31H,2-4,7-10,13-16H2,1H3,(H,28,32). The fourth-order valence-electron chi connectivity index (χ4n) is 4.50. The molecule has 3 N–H and O–H groups in total. The zero-order valence-corrected chi connectivity index (χ0v) is 22.1. The SMILES string of the molecule is CCCCCCN(C(=O)C1CCC1)C1CC(C(=O)NCCO)=CC(Oc2ccccc2I)C1O. The average Bonchev–Trinajstić information content (AvgIpc) is 2.79. The summed E-state index contributed by atoms with van der Waals surface area (Å²) in [7, 11) is 0. The Morgan fingerprint density at radius 2 is 1.97 bits per heavy atom. The molecule has 2 aliphatic rings. The third kappa shape index (κ3) is 6.95. The lowest BCUT2D eigenvalue weighted by Crippen LogP contribution is -2.56. The lowest BCUT2D eigenvalue weighted by atomic mass is 9.82. The molecule has 3 atom stereocenters. The molecule has 1 aromatic rings. The van der Waals surface area contributed by atoms with Gasteiger partial charge in [0.15, 0.2) is 0 Å². The van der Waals surface area contributed by atoms with Crippen molar-refractivity contribution in [2.45, 2.75) is 76.5 Å². The van der Waals surface area contributed by atoms with Gasteiger partial charge >= 0.3 is 0 Å². The highest BCUT2D eigenvalue weighted by molar-refractivity contribution is 14.1. The van der Waals surface area contributed by atoms with E-state index in [1.807, 2.05) is 29.2 Å². The zero-order valence-electron chi connectivity index (χ0n) is 19.9. The fourth-order valence-corrected chi connectivity index (χ4v) is 5.02. The van der Waals surface area contributed by atoms with Gasteiger partial charge in [-0.25, -0.2) is 0 Å². The smallest absolute Gasteiger partial charge is 0.247 e. The van der Waals surface area contributed by atoms with Crippen LogP contribution in [-0.2, 0) is 9.59 Å². The Bertz CT molecular complexity index is 857. The van der Waals surface area contributed by atoms with Crippen LogP contribution in [0.4, 0.5) is 0 Å². The molecule has 0 saturated heterocycles. The number of benzene rings is 1. The van der Waals surface area contributed by atoms with E-state index in [2.05, 4.69) is 34.8 Å². The molecule has 188 valence electrons. The van der Waals surface area contributed by atoms with Crippen LogP contribution < -0.4 is 10.1 Å². The van der Waals surface area contributed by atoms with Gasteiger partial charge in [-0.15, -0.1) is 0 Å². The maximum absolute atomic E-state index is 13.4. The number of amides is 2. The number of rotatable bonds is 12. The molecule has 0 aromatic heterocycles. The normalized spacial score (nSPS) is 22.5. The molecule has 2 amide bonds. The van der Waals surface area contributed by atoms with Crippen molar-refractivity contribution in [1.82, 2.24) is 10.2 Å². The third-order valence-corrected chi connectivity index (χ3v) is 7.60. The predicted octanol–water partition coefficient (Wildman–Crippen LogP) is 3.42. The van der Waals surface area contributed by atoms with Crippen molar-refractivity contribution in [3.05, 3.63) is 39.5 Å². The summed E-state index contributed by atoms with van der Waals surface area (Å²) in [5.74, 6) is 0.408. The van der Waals surface area contributed by atoms with E-state index in [0.29, 0.717) is 17.9 Å². The number of unbranched alkanes of at least 4 members (excludes halogenated alkanes) is 3. The van der Waals surface area contributed by atoms with E-state index < -0.39 is 18.2 Å². The molecule has 0 spiro atoms. The number of carbonyl (C=O) groups excluding carboxylic acids is 2. The highest BCUT2D eigenvalue weighted by atomic mass is 127. The predicted molar refractivity (Wildman–Crippen MR) is 139 cm³/mol. The molecule has 2 aliphatic carbocycles. The van der Waals surface area contributed by atoms with Crippen molar-refractivity contribution >= 4 is 34.4 Å². The molecule has 3 rings (SSSR count). The van der Waals surface area contributed by atoms with Gasteiger partial charge in [-0.3, -0.25) is 9.59 Å². The van der Waals surface area contributed by atoms with Gasteiger partial charge in [-0.05, 0) is 60.1 Å². The molecule has 1 fully saturated rings. The number of nitrogens with one attached hydrogen (secondary N) is 1. The minimum Gasteiger partial charge on any atom is -0.482 e. The Kier molecular flexibility index (Phi) is 10.7. The fraction of sp³-hybridized carbons (Fsp3) is 0.615. The van der Waals surface area contributed by atoms with Crippen molar-refractivity contribution in [2.24, 2.45) is 5.92 Å². The van der Waals surface area contributed by atoms with Crippen molar-refractivity contribution in [2.75, 3.05) is 19.7 Å². The van der Waals surface area contributed by atoms with Crippen LogP contribution in [0.2, 0.25) is 0 Å². The number of halogens is 1. The first kappa shape index (κ1) is 26.9. The first-order valence-corrected chi connectivity index (χ1v) is 13.5. The van der Waals surface area contributed by atoms with Gasteiger partial charge in [0.05, 0.1) is 16.2 Å². The summed E-state index contributed by atoms with van der Waals surface area (Å²) in [6, 6.07) is 6.98. The van der Waals surface area contributed by atoms with Gasteiger partial charge in [-0.1, -0.05) is 44.7 Å². The molecule has 1 saturated carbocycles. The van der Waals surface area contributed by atoms with Gasteiger partial charge < -0.3 is 25.2 Å². The number of para-hydroxylation sites is 1. The van der Waals surface area contributed by atoms with Crippen molar-refractivity contribution in [3.63, 3.8) is 0 Å². The van der Waals surface area contributed by atoms with Gasteiger partial charge in [0, 0.05) is 31.0 Å². The summed E-state index contributed by atoms with van der Waals surface area (Å²) in [5.41, 5.74) is 0.472. The van der Waals surface area contributed by atoms with Crippen molar-refractivity contribution in [3.8, 4) is 5.75 Å². The monoisotopic (exact) mass is 584 g/mol. The summed E-state index contributed by atoms with van der Waals surface area (Å²) in [5, 5.41) is 23.2. The topological polar surface area (TPSA) is 99.1 Å². The molecule has 0 bridgehead atoms. The quantitative estimate of drug-likeness (QED) is 0.259. The molecule has 34 heavy (non-hydrogen) atoms. The summed E-state index contributed by atoms with van der Waals surface area (Å²) in [4.78, 5) is 28.1. The van der Waals surface area contributed by atoms with Crippen LogP contribution in [0.5, 0.6) is 5.75 Å². The maximum atomic E-state index is 13.4. The molecular weight excluding hydrogens is 547 g/mol. The van der Waals surface area contributed by atoms with Crippen molar-refractivity contribution in [1.29, 1.82) is 0 Å². The van der Waals surface area contributed by atoms with Crippen molar-refractivity contribution < 1.29 is 24.5 Å². The molecule has 3 unspecified atom stereocenters. The second-order valence-corrected chi connectivity index (χ2v) is 10.3.